The lowest BCUT2D eigenvalue weighted by molar-refractivity contribution is -0.146. The summed E-state index contributed by atoms with van der Waals surface area (Å²) >= 11 is 16.9. The third kappa shape index (κ3) is 8.42. The van der Waals surface area contributed by atoms with Crippen LogP contribution < -0.4 is 14.8 Å². The van der Waals surface area contributed by atoms with Crippen LogP contribution in [0, 0.1) is 5.82 Å². The Kier molecular flexibility index (Phi) is 9.12. The van der Waals surface area contributed by atoms with Crippen LogP contribution in [-0.2, 0) is 19.7 Å². The molecule has 0 heterocycles. The number of amides is 1. The highest BCUT2D eigenvalue weighted by Gasteiger charge is 2.30. The van der Waals surface area contributed by atoms with Gasteiger partial charge in [0.2, 0.25) is 3.79 Å². The Balaban J connectivity index is 1.84. The van der Waals surface area contributed by atoms with Crippen molar-refractivity contribution >= 4 is 52.6 Å². The Morgan fingerprint density at radius 2 is 1.35 bits per heavy atom. The first-order chi connectivity index (χ1) is 17.4. The topological polar surface area (TPSA) is 83.1 Å². The molecule has 7 nitrogen and oxygen atoms in total. The van der Waals surface area contributed by atoms with E-state index >= 15 is 0 Å². The minimum absolute atomic E-state index is 0.257. The molecule has 3 aromatic carbocycles. The number of hydrogen-bond donors (Lipinski definition) is 1. The van der Waals surface area contributed by atoms with Crippen molar-refractivity contribution < 1.29 is 32.9 Å². The van der Waals surface area contributed by atoms with Crippen LogP contribution in [0.1, 0.15) is 19.4 Å². The van der Waals surface area contributed by atoms with Crippen molar-refractivity contribution in [3.63, 3.8) is 0 Å². The summed E-state index contributed by atoms with van der Waals surface area (Å²) in [6.45, 7) is 3.04. The zero-order valence-electron chi connectivity index (χ0n) is 20.0. The molecule has 11 heteroatoms. The number of alkyl halides is 3. The van der Waals surface area contributed by atoms with E-state index in [1.165, 1.54) is 43.5 Å². The predicted molar refractivity (Wildman–Crippen MR) is 140 cm³/mol. The first-order valence-electron chi connectivity index (χ1n) is 10.8. The molecule has 0 aromatic heterocycles. The van der Waals surface area contributed by atoms with Gasteiger partial charge in [0.1, 0.15) is 35.4 Å². The standard InChI is InChI=1S/C26H23Cl3FNO6/c1-25(2,23(32)34-3)16-4-8-19(9-5-16)36-21-12-18(31-24(33)35-15-26(27,28)29)13-22(14-21)37-20-10-6-17(30)7-11-20/h4-14H,15H2,1-3H3,(H,31,33). The summed E-state index contributed by atoms with van der Waals surface area (Å²) in [6, 6.07) is 16.9. The summed E-state index contributed by atoms with van der Waals surface area (Å²) in [5.74, 6) is 0.609. The fraction of sp³-hybridized carbons (Fsp3) is 0.231. The molecule has 0 saturated heterocycles. The molecule has 0 spiro atoms. The normalized spacial score (nSPS) is 11.4. The molecule has 0 unspecified atom stereocenters. The Hall–Kier alpha value is -3.20. The summed E-state index contributed by atoms with van der Waals surface area (Å²) in [5.41, 5.74) is 0.145. The van der Waals surface area contributed by atoms with Crippen molar-refractivity contribution in [3.05, 3.63) is 78.1 Å². The van der Waals surface area contributed by atoms with Crippen LogP contribution in [0.2, 0.25) is 0 Å². The van der Waals surface area contributed by atoms with E-state index in [-0.39, 0.29) is 17.4 Å². The summed E-state index contributed by atoms with van der Waals surface area (Å²) in [6.07, 6.45) is -0.870. The highest BCUT2D eigenvalue weighted by molar-refractivity contribution is 6.67. The van der Waals surface area contributed by atoms with Crippen molar-refractivity contribution in [2.45, 2.75) is 23.1 Å². The second-order valence-electron chi connectivity index (χ2n) is 8.31. The number of rotatable bonds is 8. The molecule has 3 aromatic rings. The first kappa shape index (κ1) is 28.4. The highest BCUT2D eigenvalue weighted by Crippen LogP contribution is 2.34. The van der Waals surface area contributed by atoms with Crippen LogP contribution >= 0.6 is 34.8 Å². The van der Waals surface area contributed by atoms with Crippen LogP contribution in [0.4, 0.5) is 14.9 Å². The maximum Gasteiger partial charge on any atom is 0.411 e. The Morgan fingerprint density at radius 1 is 0.838 bits per heavy atom. The molecule has 0 fully saturated rings. The van der Waals surface area contributed by atoms with Gasteiger partial charge in [-0.3, -0.25) is 10.1 Å². The fourth-order valence-corrected chi connectivity index (χ4v) is 3.31. The van der Waals surface area contributed by atoms with Gasteiger partial charge in [-0.1, -0.05) is 46.9 Å². The van der Waals surface area contributed by atoms with Crippen molar-refractivity contribution in [1.82, 2.24) is 0 Å². The number of benzene rings is 3. The Morgan fingerprint density at radius 3 is 1.84 bits per heavy atom. The molecule has 1 amide bonds. The number of hydrogen-bond acceptors (Lipinski definition) is 6. The molecule has 3 rings (SSSR count). The fourth-order valence-electron chi connectivity index (χ4n) is 3.15. The molecular weight excluding hydrogens is 548 g/mol. The lowest BCUT2D eigenvalue weighted by Crippen LogP contribution is -2.30. The smallest absolute Gasteiger partial charge is 0.411 e. The quantitative estimate of drug-likeness (QED) is 0.220. The summed E-state index contributed by atoms with van der Waals surface area (Å²) < 4.78 is 33.0. The minimum atomic E-state index is -1.77. The van der Waals surface area contributed by atoms with Crippen LogP contribution in [0.25, 0.3) is 0 Å². The number of methoxy groups -OCH3 is 1. The van der Waals surface area contributed by atoms with E-state index in [1.807, 2.05) is 0 Å². The lowest BCUT2D eigenvalue weighted by Gasteiger charge is -2.22. The van der Waals surface area contributed by atoms with E-state index in [1.54, 1.807) is 44.2 Å². The molecule has 1 N–H and O–H groups in total. The molecule has 37 heavy (non-hydrogen) atoms. The molecule has 0 saturated carbocycles. The number of carbonyl (C=O) groups excluding carboxylic acids is 2. The second kappa shape index (κ2) is 11.9. The van der Waals surface area contributed by atoms with E-state index in [0.29, 0.717) is 17.2 Å². The van der Waals surface area contributed by atoms with Crippen LogP contribution in [0.5, 0.6) is 23.0 Å². The average molecular weight is 571 g/mol. The Bertz CT molecular complexity index is 1240. The number of nitrogens with one attached hydrogen (secondary N) is 1. The van der Waals surface area contributed by atoms with Crippen molar-refractivity contribution in [3.8, 4) is 23.0 Å². The van der Waals surface area contributed by atoms with Gasteiger partial charge in [0.15, 0.2) is 0 Å². The third-order valence-corrected chi connectivity index (χ3v) is 5.38. The zero-order chi connectivity index (χ0) is 27.2. The van der Waals surface area contributed by atoms with Gasteiger partial charge in [0.25, 0.3) is 0 Å². The molecule has 0 aliphatic carbocycles. The van der Waals surface area contributed by atoms with E-state index in [4.69, 9.17) is 53.8 Å². The number of anilines is 1. The largest absolute Gasteiger partial charge is 0.468 e. The second-order valence-corrected chi connectivity index (χ2v) is 10.8. The van der Waals surface area contributed by atoms with Gasteiger partial charge in [-0.05, 0) is 55.8 Å². The SMILES string of the molecule is COC(=O)C(C)(C)c1ccc(Oc2cc(NC(=O)OCC(Cl)(Cl)Cl)cc(Oc3ccc(F)cc3)c2)cc1. The van der Waals surface area contributed by atoms with Gasteiger partial charge in [-0.25, -0.2) is 9.18 Å². The van der Waals surface area contributed by atoms with Gasteiger partial charge in [-0.2, -0.15) is 0 Å². The summed E-state index contributed by atoms with van der Waals surface area (Å²) in [5, 5.41) is 2.52. The van der Waals surface area contributed by atoms with Gasteiger partial charge in [-0.15, -0.1) is 0 Å². The summed E-state index contributed by atoms with van der Waals surface area (Å²) in [7, 11) is 1.33. The molecule has 0 atom stereocenters. The van der Waals surface area contributed by atoms with Crippen LogP contribution in [0.15, 0.2) is 66.7 Å². The van der Waals surface area contributed by atoms with E-state index in [9.17, 15) is 14.0 Å². The average Bonchev–Trinajstić information content (AvgIpc) is 2.83. The monoisotopic (exact) mass is 569 g/mol. The van der Waals surface area contributed by atoms with Gasteiger partial charge >= 0.3 is 12.1 Å². The van der Waals surface area contributed by atoms with Crippen molar-refractivity contribution in [1.29, 1.82) is 0 Å². The van der Waals surface area contributed by atoms with Crippen molar-refractivity contribution in [2.75, 3.05) is 19.0 Å². The number of halogens is 4. The maximum atomic E-state index is 13.3. The van der Waals surface area contributed by atoms with Gasteiger partial charge in [0.05, 0.1) is 18.2 Å². The predicted octanol–water partition coefficient (Wildman–Crippen LogP) is 7.78. The first-order valence-corrected chi connectivity index (χ1v) is 11.9. The van der Waals surface area contributed by atoms with Gasteiger partial charge in [0, 0.05) is 18.2 Å². The molecule has 196 valence electrons. The zero-order valence-corrected chi connectivity index (χ0v) is 22.3. The number of esters is 1. The molecule has 0 aliphatic heterocycles. The number of carbonyl (C=O) groups is 2. The Labute approximate surface area is 228 Å². The maximum absolute atomic E-state index is 13.3. The highest BCUT2D eigenvalue weighted by atomic mass is 35.6. The van der Waals surface area contributed by atoms with E-state index in [0.717, 1.165) is 5.56 Å². The van der Waals surface area contributed by atoms with Gasteiger partial charge < -0.3 is 18.9 Å². The molecular formula is C26H23Cl3FNO6. The van der Waals surface area contributed by atoms with Crippen molar-refractivity contribution in [2.24, 2.45) is 0 Å². The third-order valence-electron chi connectivity index (χ3n) is 5.05. The molecule has 0 aliphatic rings. The molecule has 0 radical (unpaired) electrons. The van der Waals surface area contributed by atoms with E-state index < -0.39 is 27.7 Å². The minimum Gasteiger partial charge on any atom is -0.468 e. The lowest BCUT2D eigenvalue weighted by atomic mass is 9.85. The number of ether oxygens (including phenoxy) is 4. The van der Waals surface area contributed by atoms with Crippen LogP contribution in [0.3, 0.4) is 0 Å². The van der Waals surface area contributed by atoms with E-state index in [2.05, 4.69) is 5.32 Å². The summed E-state index contributed by atoms with van der Waals surface area (Å²) in [4.78, 5) is 24.3. The van der Waals surface area contributed by atoms with Crippen LogP contribution in [-0.4, -0.2) is 29.6 Å². The molecule has 0 bridgehead atoms.